The Morgan fingerprint density at radius 1 is 1.60 bits per heavy atom. The highest BCUT2D eigenvalue weighted by molar-refractivity contribution is 9.11. The first-order valence-corrected chi connectivity index (χ1v) is 6.59. The van der Waals surface area contributed by atoms with Gasteiger partial charge in [-0.25, -0.2) is 0 Å². The number of thiophene rings is 1. The van der Waals surface area contributed by atoms with Gasteiger partial charge in [0.25, 0.3) is 0 Å². The summed E-state index contributed by atoms with van der Waals surface area (Å²) in [5, 5.41) is 6.29. The van der Waals surface area contributed by atoms with Crippen LogP contribution in [0.3, 0.4) is 0 Å². The van der Waals surface area contributed by atoms with Crippen molar-refractivity contribution in [3.8, 4) is 0 Å². The molecule has 1 aliphatic heterocycles. The van der Waals surface area contributed by atoms with Crippen LogP contribution in [0.15, 0.2) is 15.9 Å². The number of carbonyl (C=O) groups is 1. The molecule has 2 heterocycles. The van der Waals surface area contributed by atoms with Crippen molar-refractivity contribution in [1.29, 1.82) is 0 Å². The molecule has 1 fully saturated rings. The van der Waals surface area contributed by atoms with E-state index in [1.165, 1.54) is 4.88 Å². The Balaban J connectivity index is 1.69. The lowest BCUT2D eigenvalue weighted by atomic mass is 10.2. The van der Waals surface area contributed by atoms with Crippen molar-refractivity contribution in [2.75, 3.05) is 6.54 Å². The van der Waals surface area contributed by atoms with E-state index in [1.54, 1.807) is 11.3 Å². The number of hydrogen-bond donors (Lipinski definition) is 2. The monoisotopic (exact) mass is 288 g/mol. The van der Waals surface area contributed by atoms with Crippen molar-refractivity contribution in [3.05, 3.63) is 20.8 Å². The molecule has 1 aromatic rings. The highest BCUT2D eigenvalue weighted by Crippen LogP contribution is 2.21. The van der Waals surface area contributed by atoms with Gasteiger partial charge in [-0.15, -0.1) is 11.3 Å². The predicted octanol–water partition coefficient (Wildman–Crippen LogP) is 1.88. The molecule has 0 aromatic carbocycles. The van der Waals surface area contributed by atoms with Crippen LogP contribution >= 0.6 is 27.3 Å². The van der Waals surface area contributed by atoms with Gasteiger partial charge in [0, 0.05) is 30.4 Å². The highest BCUT2D eigenvalue weighted by Gasteiger charge is 2.19. The Morgan fingerprint density at radius 3 is 3.07 bits per heavy atom. The third-order valence-electron chi connectivity index (χ3n) is 2.40. The van der Waals surface area contributed by atoms with E-state index in [0.717, 1.165) is 23.3 Å². The molecule has 1 atom stereocenters. The molecule has 5 heteroatoms. The lowest BCUT2D eigenvalue weighted by Gasteiger charge is -2.10. The summed E-state index contributed by atoms with van der Waals surface area (Å²) in [5.74, 6) is 0.181. The van der Waals surface area contributed by atoms with Crippen molar-refractivity contribution in [2.24, 2.45) is 0 Å². The quantitative estimate of drug-likeness (QED) is 0.888. The molecule has 3 nitrogen and oxygen atoms in total. The second kappa shape index (κ2) is 5.09. The minimum absolute atomic E-state index is 0.181. The third-order valence-corrected chi connectivity index (χ3v) is 4.03. The molecule has 0 bridgehead atoms. The summed E-state index contributed by atoms with van der Waals surface area (Å²) >= 11 is 5.17. The van der Waals surface area contributed by atoms with Gasteiger partial charge < -0.3 is 10.6 Å². The fourth-order valence-corrected chi connectivity index (χ4v) is 3.10. The van der Waals surface area contributed by atoms with Gasteiger partial charge in [0.05, 0.1) is 3.79 Å². The minimum atomic E-state index is 0.181. The smallest absolute Gasteiger partial charge is 0.220 e. The Kier molecular flexibility index (Phi) is 3.77. The topological polar surface area (TPSA) is 41.1 Å². The first-order chi connectivity index (χ1) is 7.24. The van der Waals surface area contributed by atoms with Crippen LogP contribution in [0.25, 0.3) is 0 Å². The van der Waals surface area contributed by atoms with E-state index in [9.17, 15) is 4.79 Å². The number of amides is 1. The summed E-state index contributed by atoms with van der Waals surface area (Å²) in [4.78, 5) is 12.3. The molecule has 0 radical (unpaired) electrons. The standard InChI is InChI=1S/C10H13BrN2OS/c11-9-3-2-8(15-9)6-12-5-7-1-4-10(14)13-7/h2-3,7,12H,1,4-6H2,(H,13,14). The van der Waals surface area contributed by atoms with E-state index >= 15 is 0 Å². The van der Waals surface area contributed by atoms with Crippen LogP contribution in [0.1, 0.15) is 17.7 Å². The molecule has 1 saturated heterocycles. The van der Waals surface area contributed by atoms with Crippen LogP contribution in [0.2, 0.25) is 0 Å². The van der Waals surface area contributed by atoms with Crippen molar-refractivity contribution < 1.29 is 4.79 Å². The summed E-state index contributed by atoms with van der Waals surface area (Å²) < 4.78 is 1.16. The number of hydrogen-bond acceptors (Lipinski definition) is 3. The van der Waals surface area contributed by atoms with Gasteiger partial charge in [-0.2, -0.15) is 0 Å². The fourth-order valence-electron chi connectivity index (χ4n) is 1.65. The molecular formula is C10H13BrN2OS. The SMILES string of the molecule is O=C1CCC(CNCc2ccc(Br)s2)N1. The maximum atomic E-state index is 10.9. The summed E-state index contributed by atoms with van der Waals surface area (Å²) in [7, 11) is 0. The van der Waals surface area contributed by atoms with Crippen LogP contribution in [0, 0.1) is 0 Å². The Morgan fingerprint density at radius 2 is 2.47 bits per heavy atom. The van der Waals surface area contributed by atoms with E-state index in [-0.39, 0.29) is 5.91 Å². The van der Waals surface area contributed by atoms with E-state index in [2.05, 4.69) is 38.7 Å². The minimum Gasteiger partial charge on any atom is -0.352 e. The molecular weight excluding hydrogens is 276 g/mol. The van der Waals surface area contributed by atoms with Gasteiger partial charge in [-0.3, -0.25) is 4.79 Å². The molecule has 1 amide bonds. The average molecular weight is 289 g/mol. The van der Waals surface area contributed by atoms with Gasteiger partial charge in [-0.05, 0) is 34.5 Å². The maximum Gasteiger partial charge on any atom is 0.220 e. The fraction of sp³-hybridized carbons (Fsp3) is 0.500. The van der Waals surface area contributed by atoms with Crippen molar-refractivity contribution in [3.63, 3.8) is 0 Å². The zero-order valence-electron chi connectivity index (χ0n) is 8.25. The van der Waals surface area contributed by atoms with Crippen LogP contribution in [-0.2, 0) is 11.3 Å². The van der Waals surface area contributed by atoms with Crippen LogP contribution in [0.5, 0.6) is 0 Å². The van der Waals surface area contributed by atoms with Gasteiger partial charge in [-0.1, -0.05) is 0 Å². The van der Waals surface area contributed by atoms with E-state index in [0.29, 0.717) is 12.5 Å². The lowest BCUT2D eigenvalue weighted by Crippen LogP contribution is -2.35. The predicted molar refractivity (Wildman–Crippen MR) is 64.9 cm³/mol. The van der Waals surface area contributed by atoms with E-state index < -0.39 is 0 Å². The first-order valence-electron chi connectivity index (χ1n) is 4.98. The zero-order chi connectivity index (χ0) is 10.7. The van der Waals surface area contributed by atoms with Gasteiger partial charge in [0.15, 0.2) is 0 Å². The van der Waals surface area contributed by atoms with Crippen LogP contribution in [-0.4, -0.2) is 18.5 Å². The van der Waals surface area contributed by atoms with Crippen LogP contribution in [0.4, 0.5) is 0 Å². The average Bonchev–Trinajstić information content (AvgIpc) is 2.76. The number of carbonyl (C=O) groups excluding carboxylic acids is 1. The van der Waals surface area contributed by atoms with Crippen molar-refractivity contribution in [2.45, 2.75) is 25.4 Å². The molecule has 15 heavy (non-hydrogen) atoms. The molecule has 1 aromatic heterocycles. The molecule has 0 aliphatic carbocycles. The largest absolute Gasteiger partial charge is 0.352 e. The van der Waals surface area contributed by atoms with Gasteiger partial charge in [0.2, 0.25) is 5.91 Å². The molecule has 0 spiro atoms. The summed E-state index contributed by atoms with van der Waals surface area (Å²) in [6.45, 7) is 1.74. The van der Waals surface area contributed by atoms with Gasteiger partial charge >= 0.3 is 0 Å². The molecule has 2 rings (SSSR count). The Bertz CT molecular complexity index is 353. The summed E-state index contributed by atoms with van der Waals surface area (Å²) in [6.07, 6.45) is 1.64. The second-order valence-electron chi connectivity index (χ2n) is 3.64. The number of nitrogens with one attached hydrogen (secondary N) is 2. The zero-order valence-corrected chi connectivity index (χ0v) is 10.7. The number of rotatable bonds is 4. The van der Waals surface area contributed by atoms with Crippen molar-refractivity contribution in [1.82, 2.24) is 10.6 Å². The molecule has 1 aliphatic rings. The highest BCUT2D eigenvalue weighted by atomic mass is 79.9. The molecule has 2 N–H and O–H groups in total. The third kappa shape index (κ3) is 3.29. The van der Waals surface area contributed by atoms with Crippen LogP contribution < -0.4 is 10.6 Å². The Hall–Kier alpha value is -0.390. The summed E-state index contributed by atoms with van der Waals surface area (Å²) in [6, 6.07) is 4.48. The van der Waals surface area contributed by atoms with Gasteiger partial charge in [0.1, 0.15) is 0 Å². The van der Waals surface area contributed by atoms with E-state index in [1.807, 2.05) is 0 Å². The second-order valence-corrected chi connectivity index (χ2v) is 6.19. The number of halogens is 1. The first kappa shape index (κ1) is 11.1. The maximum absolute atomic E-state index is 10.9. The summed E-state index contributed by atoms with van der Waals surface area (Å²) in [5.41, 5.74) is 0. The van der Waals surface area contributed by atoms with Crippen molar-refractivity contribution >= 4 is 33.2 Å². The molecule has 0 saturated carbocycles. The molecule has 1 unspecified atom stereocenters. The lowest BCUT2D eigenvalue weighted by molar-refractivity contribution is -0.119. The normalized spacial score (nSPS) is 20.6. The Labute approximate surface area is 101 Å². The molecule has 82 valence electrons. The van der Waals surface area contributed by atoms with E-state index in [4.69, 9.17) is 0 Å².